The normalized spacial score (nSPS) is 27.5. The van der Waals surface area contributed by atoms with Gasteiger partial charge in [0.2, 0.25) is 0 Å². The summed E-state index contributed by atoms with van der Waals surface area (Å²) >= 11 is 12.3. The summed E-state index contributed by atoms with van der Waals surface area (Å²) in [6.07, 6.45) is 4.79. The Kier molecular flexibility index (Phi) is 6.42. The van der Waals surface area contributed by atoms with Gasteiger partial charge in [0.05, 0.1) is 5.41 Å². The van der Waals surface area contributed by atoms with E-state index in [9.17, 15) is 14.7 Å². The number of halogens is 3. The number of aromatic nitrogens is 1. The molecule has 2 heterocycles. The highest BCUT2D eigenvalue weighted by Gasteiger charge is 2.68. The van der Waals surface area contributed by atoms with Crippen molar-refractivity contribution < 1.29 is 19.1 Å². The molecule has 0 radical (unpaired) electrons. The summed E-state index contributed by atoms with van der Waals surface area (Å²) in [4.78, 5) is 29.8. The Bertz CT molecular complexity index is 1130. The van der Waals surface area contributed by atoms with E-state index in [2.05, 4.69) is 29.5 Å². The van der Waals surface area contributed by atoms with Gasteiger partial charge < -0.3 is 15.2 Å². The molecule has 3 N–H and O–H groups in total. The largest absolute Gasteiger partial charge is 0.480 e. The number of carboxylic acid groups (broad SMARTS) is 1. The van der Waals surface area contributed by atoms with Gasteiger partial charge in [0.25, 0.3) is 0 Å². The van der Waals surface area contributed by atoms with E-state index in [-0.39, 0.29) is 16.1 Å². The standard InChI is InChI=1S/C25H28Cl2FN3O3/c1-23(2)7-9-24(10-8-23)25(13-32,16-5-4-14(26)12-17(16)29-3)18(20(31-24)22(33)34)15-6-11-30-21(27)19(15)28/h4-6,11-13,18,20,29,31H,7-10H2,1-3H3,(H,33,34)/t18-,20+,25?/m0/s1. The molecule has 1 aromatic heterocycles. The first-order chi connectivity index (χ1) is 16.0. The van der Waals surface area contributed by atoms with Crippen LogP contribution in [0.25, 0.3) is 0 Å². The Labute approximate surface area is 208 Å². The number of carboxylic acids is 1. The molecule has 9 heteroatoms. The monoisotopic (exact) mass is 507 g/mol. The Hall–Kier alpha value is -2.22. The number of aldehydes is 1. The number of hydrogen-bond donors (Lipinski definition) is 3. The van der Waals surface area contributed by atoms with Crippen molar-refractivity contribution >= 4 is 41.1 Å². The van der Waals surface area contributed by atoms with Gasteiger partial charge in [-0.2, -0.15) is 0 Å². The van der Waals surface area contributed by atoms with Gasteiger partial charge in [-0.05, 0) is 60.4 Å². The third-order valence-electron chi connectivity index (χ3n) is 7.86. The molecule has 2 aromatic rings. The molecule has 6 nitrogen and oxygen atoms in total. The van der Waals surface area contributed by atoms with Gasteiger partial charge in [0, 0.05) is 35.4 Å². The van der Waals surface area contributed by atoms with Gasteiger partial charge in [-0.3, -0.25) is 10.1 Å². The van der Waals surface area contributed by atoms with Crippen LogP contribution in [0.2, 0.25) is 10.2 Å². The highest BCUT2D eigenvalue weighted by atomic mass is 35.5. The van der Waals surface area contributed by atoms with E-state index < -0.39 is 34.7 Å². The van der Waals surface area contributed by atoms with Crippen LogP contribution in [-0.2, 0) is 15.0 Å². The van der Waals surface area contributed by atoms with E-state index in [4.69, 9.17) is 23.2 Å². The van der Waals surface area contributed by atoms with Crippen LogP contribution < -0.4 is 10.6 Å². The van der Waals surface area contributed by atoms with Crippen LogP contribution in [-0.4, -0.2) is 41.0 Å². The molecule has 34 heavy (non-hydrogen) atoms. The predicted octanol–water partition coefficient (Wildman–Crippen LogP) is 5.19. The maximum atomic E-state index is 15.4. The smallest absolute Gasteiger partial charge is 0.321 e. The van der Waals surface area contributed by atoms with Crippen molar-refractivity contribution in [1.82, 2.24) is 10.3 Å². The summed E-state index contributed by atoms with van der Waals surface area (Å²) in [6, 6.07) is 5.31. The summed E-state index contributed by atoms with van der Waals surface area (Å²) in [5, 5.41) is 16.8. The summed E-state index contributed by atoms with van der Waals surface area (Å²) in [5.74, 6) is -3.05. The van der Waals surface area contributed by atoms with Crippen molar-refractivity contribution in [1.29, 1.82) is 0 Å². The molecule has 1 aromatic carbocycles. The molecule has 1 unspecified atom stereocenters. The Balaban J connectivity index is 2.08. The number of nitrogens with zero attached hydrogens (tertiary/aromatic N) is 1. The molecule has 4 rings (SSSR count). The van der Waals surface area contributed by atoms with Gasteiger partial charge in [0.15, 0.2) is 11.0 Å². The number of rotatable bonds is 5. The molecule has 1 spiro atoms. The molecule has 1 saturated carbocycles. The van der Waals surface area contributed by atoms with E-state index in [0.29, 0.717) is 29.1 Å². The summed E-state index contributed by atoms with van der Waals surface area (Å²) in [7, 11) is 1.71. The van der Waals surface area contributed by atoms with Crippen molar-refractivity contribution in [3.63, 3.8) is 0 Å². The van der Waals surface area contributed by atoms with E-state index in [1.807, 2.05) is 0 Å². The lowest BCUT2D eigenvalue weighted by Crippen LogP contribution is -2.59. The molecule has 182 valence electrons. The first kappa shape index (κ1) is 24.9. The predicted molar refractivity (Wildman–Crippen MR) is 130 cm³/mol. The van der Waals surface area contributed by atoms with Gasteiger partial charge in [-0.1, -0.05) is 43.1 Å². The van der Waals surface area contributed by atoms with Gasteiger partial charge >= 0.3 is 5.97 Å². The van der Waals surface area contributed by atoms with Crippen molar-refractivity contribution in [2.45, 2.75) is 62.4 Å². The van der Waals surface area contributed by atoms with Crippen molar-refractivity contribution in [2.24, 2.45) is 5.41 Å². The zero-order chi connectivity index (χ0) is 24.9. The van der Waals surface area contributed by atoms with E-state index in [0.717, 1.165) is 19.1 Å². The zero-order valence-corrected chi connectivity index (χ0v) is 20.8. The van der Waals surface area contributed by atoms with Crippen LogP contribution >= 0.6 is 23.2 Å². The second-order valence-corrected chi connectivity index (χ2v) is 10.9. The van der Waals surface area contributed by atoms with Crippen LogP contribution in [0, 0.1) is 11.2 Å². The average molecular weight is 508 g/mol. The maximum absolute atomic E-state index is 15.4. The number of aliphatic carboxylic acids is 1. The topological polar surface area (TPSA) is 91.3 Å². The summed E-state index contributed by atoms with van der Waals surface area (Å²) in [5.41, 5.74) is -1.09. The Morgan fingerprint density at radius 2 is 1.91 bits per heavy atom. The quantitative estimate of drug-likeness (QED) is 0.381. The number of carbonyl (C=O) groups excluding carboxylic acids is 1. The van der Waals surface area contributed by atoms with Crippen LogP contribution in [0.1, 0.15) is 56.6 Å². The number of hydrogen-bond acceptors (Lipinski definition) is 5. The van der Waals surface area contributed by atoms with E-state index in [1.54, 1.807) is 25.2 Å². The van der Waals surface area contributed by atoms with Crippen LogP contribution in [0.5, 0.6) is 0 Å². The third-order valence-corrected chi connectivity index (χ3v) is 8.36. The molecule has 2 fully saturated rings. The lowest BCUT2D eigenvalue weighted by atomic mass is 9.53. The fourth-order valence-electron chi connectivity index (χ4n) is 6.03. The van der Waals surface area contributed by atoms with Crippen LogP contribution in [0.4, 0.5) is 10.1 Å². The minimum Gasteiger partial charge on any atom is -0.480 e. The lowest BCUT2D eigenvalue weighted by Gasteiger charge is -2.51. The van der Waals surface area contributed by atoms with Crippen molar-refractivity contribution in [2.75, 3.05) is 12.4 Å². The Morgan fingerprint density at radius 3 is 2.50 bits per heavy atom. The van der Waals surface area contributed by atoms with Crippen molar-refractivity contribution in [3.05, 3.63) is 57.6 Å². The van der Waals surface area contributed by atoms with Crippen LogP contribution in [0.3, 0.4) is 0 Å². The molecule has 1 aliphatic heterocycles. The SMILES string of the molecule is CNc1cc(Cl)ccc1C1(C=O)[C@@H](c2ccnc(Cl)c2F)[C@H](C(=O)O)NC12CCC(C)(C)CC2. The molecule has 1 aliphatic carbocycles. The minimum absolute atomic E-state index is 0.0371. The molecule has 0 amide bonds. The van der Waals surface area contributed by atoms with Gasteiger partial charge in [-0.25, -0.2) is 9.37 Å². The third kappa shape index (κ3) is 3.69. The second-order valence-electron chi connectivity index (χ2n) is 10.1. The Morgan fingerprint density at radius 1 is 1.24 bits per heavy atom. The van der Waals surface area contributed by atoms with Gasteiger partial charge in [0.1, 0.15) is 12.3 Å². The first-order valence-corrected chi connectivity index (χ1v) is 12.0. The molecular weight excluding hydrogens is 480 g/mol. The maximum Gasteiger partial charge on any atom is 0.321 e. The average Bonchev–Trinajstić information content (AvgIpc) is 3.09. The lowest BCUT2D eigenvalue weighted by molar-refractivity contribution is -0.139. The highest BCUT2D eigenvalue weighted by Crippen LogP contribution is 2.60. The number of carbonyl (C=O) groups is 2. The summed E-state index contributed by atoms with van der Waals surface area (Å²) < 4.78 is 15.4. The fourth-order valence-corrected chi connectivity index (χ4v) is 6.37. The number of anilines is 1. The number of nitrogens with one attached hydrogen (secondary N) is 2. The van der Waals surface area contributed by atoms with E-state index in [1.165, 1.54) is 12.3 Å². The number of benzene rings is 1. The first-order valence-electron chi connectivity index (χ1n) is 11.3. The van der Waals surface area contributed by atoms with Crippen molar-refractivity contribution in [3.8, 4) is 0 Å². The molecule has 0 bridgehead atoms. The zero-order valence-electron chi connectivity index (χ0n) is 19.3. The fraction of sp³-hybridized carbons (Fsp3) is 0.480. The molecule has 3 atom stereocenters. The highest BCUT2D eigenvalue weighted by molar-refractivity contribution is 6.31. The van der Waals surface area contributed by atoms with Crippen LogP contribution in [0.15, 0.2) is 30.5 Å². The summed E-state index contributed by atoms with van der Waals surface area (Å²) in [6.45, 7) is 4.32. The second kappa shape index (κ2) is 8.77. The van der Waals surface area contributed by atoms with E-state index >= 15 is 4.39 Å². The number of pyridine rings is 1. The molecule has 1 saturated heterocycles. The molecule has 2 aliphatic rings. The minimum atomic E-state index is -1.42. The van der Waals surface area contributed by atoms with Gasteiger partial charge in [-0.15, -0.1) is 0 Å². The molecular formula is C25H28Cl2FN3O3.